The standard InChI is InChI=1S/C14H12N2O4S2/c15-21(17,18)13-8-7-11-10-4-2-1-3-9(10)5-6-12(11)14(13)22(16,19)20/h1-8H,(H2,15,17,18)(H2,16,19,20). The Balaban J connectivity index is 2.62. The third kappa shape index (κ3) is 2.35. The Hall–Kier alpha value is -2.00. The molecule has 0 bridgehead atoms. The van der Waals surface area contributed by atoms with Gasteiger partial charge in [-0.1, -0.05) is 42.5 Å². The van der Waals surface area contributed by atoms with Gasteiger partial charge in [0, 0.05) is 5.39 Å². The van der Waals surface area contributed by atoms with Crippen molar-refractivity contribution in [1.82, 2.24) is 0 Å². The minimum Gasteiger partial charge on any atom is -0.225 e. The predicted octanol–water partition coefficient (Wildman–Crippen LogP) is 1.29. The Morgan fingerprint density at radius 1 is 0.636 bits per heavy atom. The summed E-state index contributed by atoms with van der Waals surface area (Å²) in [7, 11) is -8.49. The SMILES string of the molecule is NS(=O)(=O)c1ccc2c(ccc3ccccc32)c1S(N)(=O)=O. The molecule has 0 atom stereocenters. The van der Waals surface area contributed by atoms with E-state index in [2.05, 4.69) is 0 Å². The van der Waals surface area contributed by atoms with Gasteiger partial charge in [-0.2, -0.15) is 0 Å². The van der Waals surface area contributed by atoms with Crippen LogP contribution in [0.4, 0.5) is 0 Å². The molecule has 0 radical (unpaired) electrons. The van der Waals surface area contributed by atoms with Crippen molar-refractivity contribution in [2.45, 2.75) is 9.79 Å². The largest absolute Gasteiger partial charge is 0.240 e. The Labute approximate surface area is 127 Å². The first-order valence-electron chi connectivity index (χ1n) is 6.20. The maximum Gasteiger partial charge on any atom is 0.240 e. The van der Waals surface area contributed by atoms with Gasteiger partial charge in [0.15, 0.2) is 0 Å². The van der Waals surface area contributed by atoms with Crippen LogP contribution in [0.2, 0.25) is 0 Å². The fraction of sp³-hybridized carbons (Fsp3) is 0. The molecule has 0 aromatic heterocycles. The second-order valence-electron chi connectivity index (χ2n) is 4.86. The lowest BCUT2D eigenvalue weighted by molar-refractivity contribution is 0.585. The molecule has 3 rings (SSSR count). The molecule has 0 spiro atoms. The molecule has 0 heterocycles. The Bertz CT molecular complexity index is 1120. The van der Waals surface area contributed by atoms with Gasteiger partial charge in [0.2, 0.25) is 20.0 Å². The number of benzene rings is 3. The van der Waals surface area contributed by atoms with E-state index in [1.807, 2.05) is 24.3 Å². The van der Waals surface area contributed by atoms with Gasteiger partial charge in [0.1, 0.15) is 9.79 Å². The van der Waals surface area contributed by atoms with Gasteiger partial charge in [-0.05, 0) is 22.2 Å². The molecule has 3 aromatic carbocycles. The molecule has 0 aliphatic heterocycles. The van der Waals surface area contributed by atoms with Crippen LogP contribution in [0.5, 0.6) is 0 Å². The minimum atomic E-state index is -4.27. The zero-order valence-corrected chi connectivity index (χ0v) is 12.9. The molecule has 0 saturated heterocycles. The summed E-state index contributed by atoms with van der Waals surface area (Å²) in [5.74, 6) is 0. The van der Waals surface area contributed by atoms with Crippen LogP contribution in [0.15, 0.2) is 58.3 Å². The third-order valence-corrected chi connectivity index (χ3v) is 5.52. The second-order valence-corrected chi connectivity index (χ2v) is 7.89. The molecule has 0 aliphatic carbocycles. The topological polar surface area (TPSA) is 120 Å². The highest BCUT2D eigenvalue weighted by Gasteiger charge is 2.24. The van der Waals surface area contributed by atoms with Gasteiger partial charge in [-0.25, -0.2) is 27.1 Å². The number of hydrogen-bond donors (Lipinski definition) is 2. The van der Waals surface area contributed by atoms with Crippen LogP contribution in [0, 0.1) is 0 Å². The zero-order valence-electron chi connectivity index (χ0n) is 11.2. The maximum atomic E-state index is 11.9. The van der Waals surface area contributed by atoms with Crippen LogP contribution in [-0.4, -0.2) is 16.8 Å². The summed E-state index contributed by atoms with van der Waals surface area (Å²) in [6, 6.07) is 13.3. The maximum absolute atomic E-state index is 11.9. The van der Waals surface area contributed by atoms with Crippen molar-refractivity contribution in [3.05, 3.63) is 48.5 Å². The first-order valence-corrected chi connectivity index (χ1v) is 9.29. The monoisotopic (exact) mass is 336 g/mol. The first kappa shape index (κ1) is 14.9. The van der Waals surface area contributed by atoms with E-state index in [0.717, 1.165) is 10.8 Å². The van der Waals surface area contributed by atoms with Crippen molar-refractivity contribution in [2.75, 3.05) is 0 Å². The third-order valence-electron chi connectivity index (χ3n) is 3.43. The average molecular weight is 336 g/mol. The van der Waals surface area contributed by atoms with Gasteiger partial charge in [0.25, 0.3) is 0 Å². The highest BCUT2D eigenvalue weighted by atomic mass is 32.2. The predicted molar refractivity (Wildman–Crippen MR) is 84.2 cm³/mol. The van der Waals surface area contributed by atoms with Crippen LogP contribution in [0.3, 0.4) is 0 Å². The van der Waals surface area contributed by atoms with E-state index in [-0.39, 0.29) is 5.39 Å². The van der Waals surface area contributed by atoms with E-state index in [9.17, 15) is 16.8 Å². The summed E-state index contributed by atoms with van der Waals surface area (Å²) < 4.78 is 47.1. The van der Waals surface area contributed by atoms with Gasteiger partial charge in [-0.3, -0.25) is 0 Å². The number of rotatable bonds is 2. The summed E-state index contributed by atoms with van der Waals surface area (Å²) in [5, 5.41) is 12.8. The zero-order chi connectivity index (χ0) is 16.1. The normalized spacial score (nSPS) is 12.8. The van der Waals surface area contributed by atoms with Crippen molar-refractivity contribution in [1.29, 1.82) is 0 Å². The molecule has 0 fully saturated rings. The number of fused-ring (bicyclic) bond motifs is 3. The Kier molecular flexibility index (Phi) is 3.22. The molecular formula is C14H12N2O4S2. The molecule has 3 aromatic rings. The lowest BCUT2D eigenvalue weighted by Gasteiger charge is -2.11. The van der Waals surface area contributed by atoms with E-state index < -0.39 is 29.8 Å². The van der Waals surface area contributed by atoms with Crippen molar-refractivity contribution < 1.29 is 16.8 Å². The van der Waals surface area contributed by atoms with Crippen molar-refractivity contribution in [2.24, 2.45) is 10.3 Å². The number of nitrogens with two attached hydrogens (primary N) is 2. The lowest BCUT2D eigenvalue weighted by Crippen LogP contribution is -2.21. The van der Waals surface area contributed by atoms with E-state index in [0.29, 0.717) is 5.39 Å². The summed E-state index contributed by atoms with van der Waals surface area (Å²) >= 11 is 0. The Morgan fingerprint density at radius 3 is 1.91 bits per heavy atom. The molecule has 8 heteroatoms. The summed E-state index contributed by atoms with van der Waals surface area (Å²) in [6.45, 7) is 0. The number of hydrogen-bond acceptors (Lipinski definition) is 4. The highest BCUT2D eigenvalue weighted by Crippen LogP contribution is 2.33. The van der Waals surface area contributed by atoms with Crippen LogP contribution < -0.4 is 10.3 Å². The average Bonchev–Trinajstić information content (AvgIpc) is 2.43. The van der Waals surface area contributed by atoms with Gasteiger partial charge in [0.05, 0.1) is 0 Å². The molecule has 0 amide bonds. The summed E-state index contributed by atoms with van der Waals surface area (Å²) in [6.07, 6.45) is 0. The highest BCUT2D eigenvalue weighted by molar-refractivity contribution is 7.92. The van der Waals surface area contributed by atoms with Crippen molar-refractivity contribution in [3.63, 3.8) is 0 Å². The van der Waals surface area contributed by atoms with E-state index in [1.54, 1.807) is 6.07 Å². The summed E-state index contributed by atoms with van der Waals surface area (Å²) in [4.78, 5) is -0.976. The van der Waals surface area contributed by atoms with E-state index >= 15 is 0 Å². The molecule has 22 heavy (non-hydrogen) atoms. The molecule has 0 saturated carbocycles. The van der Waals surface area contributed by atoms with Gasteiger partial charge < -0.3 is 0 Å². The van der Waals surface area contributed by atoms with Gasteiger partial charge in [-0.15, -0.1) is 0 Å². The Morgan fingerprint density at radius 2 is 1.27 bits per heavy atom. The second kappa shape index (κ2) is 4.75. The molecule has 0 unspecified atom stereocenters. The van der Waals surface area contributed by atoms with Gasteiger partial charge >= 0.3 is 0 Å². The fourth-order valence-corrected chi connectivity index (χ4v) is 4.71. The van der Waals surface area contributed by atoms with E-state index in [4.69, 9.17) is 10.3 Å². The molecular weight excluding hydrogens is 324 g/mol. The first-order chi connectivity index (χ1) is 10.2. The quantitative estimate of drug-likeness (QED) is 0.685. The van der Waals surface area contributed by atoms with Crippen LogP contribution in [0.1, 0.15) is 0 Å². The smallest absolute Gasteiger partial charge is 0.225 e. The lowest BCUT2D eigenvalue weighted by atomic mass is 10.0. The molecule has 114 valence electrons. The van der Waals surface area contributed by atoms with Crippen molar-refractivity contribution >= 4 is 41.6 Å². The van der Waals surface area contributed by atoms with E-state index in [1.165, 1.54) is 18.2 Å². The minimum absolute atomic E-state index is 0.229. The molecule has 6 nitrogen and oxygen atoms in total. The number of primary sulfonamides is 2. The van der Waals surface area contributed by atoms with Crippen LogP contribution >= 0.6 is 0 Å². The van der Waals surface area contributed by atoms with Crippen LogP contribution in [0.25, 0.3) is 21.5 Å². The number of sulfonamides is 2. The fourth-order valence-electron chi connectivity index (χ4n) is 2.56. The molecule has 4 N–H and O–H groups in total. The van der Waals surface area contributed by atoms with Crippen LogP contribution in [-0.2, 0) is 20.0 Å². The summed E-state index contributed by atoms with van der Waals surface area (Å²) in [5.41, 5.74) is 0. The van der Waals surface area contributed by atoms with Crippen molar-refractivity contribution in [3.8, 4) is 0 Å². The molecule has 0 aliphatic rings.